The van der Waals surface area contributed by atoms with Gasteiger partial charge in [0.1, 0.15) is 0 Å². The Bertz CT molecular complexity index is 151. The van der Waals surface area contributed by atoms with Crippen molar-refractivity contribution in [2.24, 2.45) is 5.92 Å². The summed E-state index contributed by atoms with van der Waals surface area (Å²) >= 11 is 0. The lowest BCUT2D eigenvalue weighted by atomic mass is 10.0. The van der Waals surface area contributed by atoms with Gasteiger partial charge in [0.05, 0.1) is 0 Å². The molecule has 1 nitrogen and oxygen atoms in total. The molecule has 0 aromatic heterocycles. The fraction of sp³-hybridized carbons (Fsp3) is 0.846. The first-order chi connectivity index (χ1) is 6.67. The second-order valence-corrected chi connectivity index (χ2v) is 4.14. The van der Waals surface area contributed by atoms with E-state index in [0.717, 1.165) is 0 Å². The third kappa shape index (κ3) is 4.69. The lowest BCUT2D eigenvalue weighted by Crippen LogP contribution is -2.27. The van der Waals surface area contributed by atoms with Gasteiger partial charge in [-0.3, -0.25) is 0 Å². The van der Waals surface area contributed by atoms with Gasteiger partial charge in [-0.25, -0.2) is 0 Å². The minimum absolute atomic E-state index is 0.637. The van der Waals surface area contributed by atoms with Crippen LogP contribution >= 0.6 is 0 Å². The van der Waals surface area contributed by atoms with Gasteiger partial charge in [0.25, 0.3) is 0 Å². The van der Waals surface area contributed by atoms with E-state index in [1.165, 1.54) is 44.5 Å². The predicted molar refractivity (Wildman–Crippen MR) is 65.4 cm³/mol. The maximum atomic E-state index is 4.22. The smallest absolute Gasteiger partial charge is 0.0174 e. The molecular formula is C13H27N. The maximum absolute atomic E-state index is 4.22. The van der Waals surface area contributed by atoms with Gasteiger partial charge in [0, 0.05) is 18.8 Å². The molecule has 14 heavy (non-hydrogen) atoms. The van der Waals surface area contributed by atoms with Crippen molar-refractivity contribution in [3.8, 4) is 0 Å². The van der Waals surface area contributed by atoms with E-state index in [4.69, 9.17) is 0 Å². The summed E-state index contributed by atoms with van der Waals surface area (Å²) in [5.41, 5.74) is 1.34. The molecule has 0 aromatic carbocycles. The van der Waals surface area contributed by atoms with Crippen LogP contribution in [-0.2, 0) is 0 Å². The normalized spacial score (nSPS) is 12.6. The molecule has 0 saturated carbocycles. The lowest BCUT2D eigenvalue weighted by Gasteiger charge is -2.29. The third-order valence-corrected chi connectivity index (χ3v) is 2.86. The van der Waals surface area contributed by atoms with Crippen molar-refractivity contribution in [2.75, 3.05) is 13.1 Å². The lowest BCUT2D eigenvalue weighted by molar-refractivity contribution is 0.301. The van der Waals surface area contributed by atoms with Gasteiger partial charge >= 0.3 is 0 Å². The Balaban J connectivity index is 4.10. The molecule has 0 radical (unpaired) electrons. The van der Waals surface area contributed by atoms with E-state index in [0.29, 0.717) is 5.92 Å². The van der Waals surface area contributed by atoms with Crippen LogP contribution < -0.4 is 0 Å². The number of hydrogen-bond acceptors (Lipinski definition) is 1. The topological polar surface area (TPSA) is 3.24 Å². The van der Waals surface area contributed by atoms with E-state index in [1.807, 2.05) is 0 Å². The molecule has 0 amide bonds. The molecule has 1 atom stereocenters. The molecule has 0 fully saturated rings. The first kappa shape index (κ1) is 13.5. The minimum atomic E-state index is 0.637. The van der Waals surface area contributed by atoms with Crippen molar-refractivity contribution in [3.63, 3.8) is 0 Å². The van der Waals surface area contributed by atoms with Gasteiger partial charge in [0.15, 0.2) is 0 Å². The van der Waals surface area contributed by atoms with Crippen LogP contribution in [0.2, 0.25) is 0 Å². The molecule has 84 valence electrons. The summed E-state index contributed by atoms with van der Waals surface area (Å²) in [7, 11) is 0. The fourth-order valence-electron chi connectivity index (χ4n) is 1.57. The van der Waals surface area contributed by atoms with E-state index >= 15 is 0 Å². The summed E-state index contributed by atoms with van der Waals surface area (Å²) in [6, 6.07) is 0. The van der Waals surface area contributed by atoms with E-state index in [9.17, 15) is 0 Å². The van der Waals surface area contributed by atoms with E-state index < -0.39 is 0 Å². The Morgan fingerprint density at radius 2 is 1.79 bits per heavy atom. The van der Waals surface area contributed by atoms with Crippen molar-refractivity contribution >= 4 is 0 Å². The maximum Gasteiger partial charge on any atom is 0.0174 e. The van der Waals surface area contributed by atoms with Crippen LogP contribution in [0.4, 0.5) is 0 Å². The third-order valence-electron chi connectivity index (χ3n) is 2.86. The molecule has 0 N–H and O–H groups in total. The van der Waals surface area contributed by atoms with Crippen LogP contribution in [0.5, 0.6) is 0 Å². The van der Waals surface area contributed by atoms with Crippen molar-refractivity contribution < 1.29 is 0 Å². The molecule has 0 aromatic rings. The highest BCUT2D eigenvalue weighted by molar-refractivity contribution is 4.98. The van der Waals surface area contributed by atoms with Crippen molar-refractivity contribution in [3.05, 3.63) is 12.3 Å². The Morgan fingerprint density at radius 1 is 1.14 bits per heavy atom. The molecule has 0 aliphatic rings. The SMILES string of the molecule is C=C(C(C)CC)N(CCC)CCCC. The van der Waals surface area contributed by atoms with Gasteiger partial charge in [-0.15, -0.1) is 0 Å². The molecule has 0 aliphatic heterocycles. The van der Waals surface area contributed by atoms with Gasteiger partial charge in [0.2, 0.25) is 0 Å². The number of allylic oxidation sites excluding steroid dienone is 1. The summed E-state index contributed by atoms with van der Waals surface area (Å²) in [6.45, 7) is 15.6. The quantitative estimate of drug-likeness (QED) is 0.567. The Morgan fingerprint density at radius 3 is 2.21 bits per heavy atom. The van der Waals surface area contributed by atoms with Crippen molar-refractivity contribution in [1.29, 1.82) is 0 Å². The second kappa shape index (κ2) is 7.90. The molecule has 0 heterocycles. The molecule has 0 saturated heterocycles. The van der Waals surface area contributed by atoms with Crippen molar-refractivity contribution in [1.82, 2.24) is 4.90 Å². The molecule has 0 bridgehead atoms. The van der Waals surface area contributed by atoms with Crippen LogP contribution in [0.25, 0.3) is 0 Å². The van der Waals surface area contributed by atoms with E-state index in [-0.39, 0.29) is 0 Å². The first-order valence-electron chi connectivity index (χ1n) is 6.11. The van der Waals surface area contributed by atoms with Crippen LogP contribution in [0.15, 0.2) is 12.3 Å². The minimum Gasteiger partial charge on any atom is -0.375 e. The van der Waals surface area contributed by atoms with Crippen LogP contribution in [0.3, 0.4) is 0 Å². The molecule has 1 unspecified atom stereocenters. The number of nitrogens with zero attached hydrogens (tertiary/aromatic N) is 1. The number of hydrogen-bond donors (Lipinski definition) is 0. The van der Waals surface area contributed by atoms with E-state index in [1.54, 1.807) is 0 Å². The molecule has 1 heteroatoms. The highest BCUT2D eigenvalue weighted by atomic mass is 15.1. The van der Waals surface area contributed by atoms with E-state index in [2.05, 4.69) is 39.2 Å². The average Bonchev–Trinajstić information content (AvgIpc) is 2.22. The second-order valence-electron chi connectivity index (χ2n) is 4.14. The molecule has 0 spiro atoms. The van der Waals surface area contributed by atoms with Crippen LogP contribution in [0, 0.1) is 5.92 Å². The summed E-state index contributed by atoms with van der Waals surface area (Å²) in [6.07, 6.45) is 4.98. The van der Waals surface area contributed by atoms with Gasteiger partial charge < -0.3 is 4.90 Å². The van der Waals surface area contributed by atoms with Gasteiger partial charge in [-0.05, 0) is 25.2 Å². The summed E-state index contributed by atoms with van der Waals surface area (Å²) in [4.78, 5) is 2.47. The Hall–Kier alpha value is -0.460. The molecule has 0 aliphatic carbocycles. The summed E-state index contributed by atoms with van der Waals surface area (Å²) < 4.78 is 0. The van der Waals surface area contributed by atoms with Crippen molar-refractivity contribution in [2.45, 2.75) is 53.4 Å². The largest absolute Gasteiger partial charge is 0.375 e. The zero-order valence-corrected chi connectivity index (χ0v) is 10.5. The van der Waals surface area contributed by atoms with Crippen LogP contribution in [-0.4, -0.2) is 18.0 Å². The van der Waals surface area contributed by atoms with Gasteiger partial charge in [-0.1, -0.05) is 40.7 Å². The Kier molecular flexibility index (Phi) is 7.64. The number of rotatable bonds is 8. The summed E-state index contributed by atoms with van der Waals surface area (Å²) in [5.74, 6) is 0.637. The fourth-order valence-corrected chi connectivity index (χ4v) is 1.57. The zero-order chi connectivity index (χ0) is 11.0. The zero-order valence-electron chi connectivity index (χ0n) is 10.5. The molecule has 0 rings (SSSR count). The highest BCUT2D eigenvalue weighted by Gasteiger charge is 2.11. The molecular weight excluding hydrogens is 170 g/mol. The number of unbranched alkanes of at least 4 members (excludes halogenated alkanes) is 1. The summed E-state index contributed by atoms with van der Waals surface area (Å²) in [5, 5.41) is 0. The first-order valence-corrected chi connectivity index (χ1v) is 6.11. The van der Waals surface area contributed by atoms with Gasteiger partial charge in [-0.2, -0.15) is 0 Å². The van der Waals surface area contributed by atoms with Crippen LogP contribution in [0.1, 0.15) is 53.4 Å². The monoisotopic (exact) mass is 197 g/mol. The highest BCUT2D eigenvalue weighted by Crippen LogP contribution is 2.17. The predicted octanol–water partition coefficient (Wildman–Crippen LogP) is 4.06. The Labute approximate surface area is 90.2 Å². The standard InChI is InChI=1S/C13H27N/c1-6-9-11-14(10-7-2)13(5)12(4)8-3/h12H,5-11H2,1-4H3. The average molecular weight is 197 g/mol.